The number of aryl methyl sites for hydroxylation is 1. The minimum Gasteiger partial charge on any atom is -0.388 e. The lowest BCUT2D eigenvalue weighted by Crippen LogP contribution is -2.02. The first kappa shape index (κ1) is 13.3. The lowest BCUT2D eigenvalue weighted by atomic mass is 10.0. The van der Waals surface area contributed by atoms with E-state index < -0.39 is 6.10 Å². The second-order valence-corrected chi connectivity index (χ2v) is 6.78. The standard InChI is InChI=1S/C13H12Br2OS/c1-8-2-3-9(14)5-12(8)13(16)6-11-4-10(15)7-17-11/h2-5,7,13,16H,6H2,1H3. The van der Waals surface area contributed by atoms with E-state index in [9.17, 15) is 5.11 Å². The number of rotatable bonds is 3. The first-order valence-corrected chi connectivity index (χ1v) is 7.70. The van der Waals surface area contributed by atoms with Crippen LogP contribution in [0.15, 0.2) is 38.6 Å². The summed E-state index contributed by atoms with van der Waals surface area (Å²) < 4.78 is 2.08. The molecule has 0 bridgehead atoms. The summed E-state index contributed by atoms with van der Waals surface area (Å²) in [6.07, 6.45) is 0.214. The van der Waals surface area contributed by atoms with Gasteiger partial charge in [0.1, 0.15) is 0 Å². The maximum atomic E-state index is 10.3. The fourth-order valence-corrected chi connectivity index (χ4v) is 3.60. The van der Waals surface area contributed by atoms with Gasteiger partial charge in [0, 0.05) is 25.6 Å². The number of hydrogen-bond acceptors (Lipinski definition) is 2. The molecular weight excluding hydrogens is 364 g/mol. The van der Waals surface area contributed by atoms with E-state index in [-0.39, 0.29) is 0 Å². The maximum Gasteiger partial charge on any atom is 0.0841 e. The Hall–Kier alpha value is -0.160. The van der Waals surface area contributed by atoms with Crippen LogP contribution in [0.3, 0.4) is 0 Å². The number of aliphatic hydroxyl groups excluding tert-OH is 1. The lowest BCUT2D eigenvalue weighted by molar-refractivity contribution is 0.178. The third kappa shape index (κ3) is 3.41. The van der Waals surface area contributed by atoms with Gasteiger partial charge >= 0.3 is 0 Å². The molecule has 1 heterocycles. The maximum absolute atomic E-state index is 10.3. The van der Waals surface area contributed by atoms with E-state index in [0.717, 1.165) is 20.1 Å². The molecule has 0 saturated carbocycles. The van der Waals surface area contributed by atoms with Crippen LogP contribution in [0.2, 0.25) is 0 Å². The molecule has 2 aromatic rings. The van der Waals surface area contributed by atoms with Crippen LogP contribution in [0.25, 0.3) is 0 Å². The Morgan fingerprint density at radius 3 is 2.65 bits per heavy atom. The van der Waals surface area contributed by atoms with Crippen molar-refractivity contribution in [2.45, 2.75) is 19.4 Å². The van der Waals surface area contributed by atoms with E-state index in [1.54, 1.807) is 11.3 Å². The number of halogens is 2. The van der Waals surface area contributed by atoms with Crippen molar-refractivity contribution < 1.29 is 5.11 Å². The molecule has 17 heavy (non-hydrogen) atoms. The van der Waals surface area contributed by atoms with Crippen molar-refractivity contribution >= 4 is 43.2 Å². The van der Waals surface area contributed by atoms with Crippen molar-refractivity contribution in [1.29, 1.82) is 0 Å². The summed E-state index contributed by atoms with van der Waals surface area (Å²) in [7, 11) is 0. The first-order chi connectivity index (χ1) is 8.06. The molecule has 1 aromatic carbocycles. The van der Waals surface area contributed by atoms with Gasteiger partial charge in [0.15, 0.2) is 0 Å². The largest absolute Gasteiger partial charge is 0.388 e. The Kier molecular flexibility index (Phi) is 4.42. The van der Waals surface area contributed by atoms with E-state index in [2.05, 4.69) is 37.9 Å². The topological polar surface area (TPSA) is 20.2 Å². The Morgan fingerprint density at radius 1 is 1.24 bits per heavy atom. The molecule has 0 spiro atoms. The molecule has 1 atom stereocenters. The van der Waals surface area contributed by atoms with Gasteiger partial charge in [0.05, 0.1) is 6.10 Å². The molecule has 0 fully saturated rings. The summed E-state index contributed by atoms with van der Waals surface area (Å²) in [6.45, 7) is 2.02. The van der Waals surface area contributed by atoms with E-state index >= 15 is 0 Å². The summed E-state index contributed by atoms with van der Waals surface area (Å²) in [5.74, 6) is 0. The number of hydrogen-bond donors (Lipinski definition) is 1. The summed E-state index contributed by atoms with van der Waals surface area (Å²) in [5, 5.41) is 12.3. The Bertz CT molecular complexity index is 522. The van der Waals surface area contributed by atoms with Gasteiger partial charge in [-0.05, 0) is 52.2 Å². The smallest absolute Gasteiger partial charge is 0.0841 e. The zero-order valence-electron chi connectivity index (χ0n) is 9.28. The molecule has 4 heteroatoms. The molecule has 1 aromatic heterocycles. The van der Waals surface area contributed by atoms with Crippen LogP contribution in [0.5, 0.6) is 0 Å². The van der Waals surface area contributed by atoms with Crippen molar-refractivity contribution in [3.63, 3.8) is 0 Å². The fourth-order valence-electron chi connectivity index (χ4n) is 1.73. The number of benzene rings is 1. The van der Waals surface area contributed by atoms with Gasteiger partial charge in [-0.2, -0.15) is 0 Å². The van der Waals surface area contributed by atoms with E-state index in [0.29, 0.717) is 6.42 Å². The summed E-state index contributed by atoms with van der Waals surface area (Å²) >= 11 is 8.53. The van der Waals surface area contributed by atoms with Crippen LogP contribution in [0, 0.1) is 6.92 Å². The average molecular weight is 376 g/mol. The molecule has 2 rings (SSSR count). The molecular formula is C13H12Br2OS. The van der Waals surface area contributed by atoms with E-state index in [1.165, 1.54) is 4.88 Å². The third-order valence-electron chi connectivity index (χ3n) is 2.62. The highest BCUT2D eigenvalue weighted by molar-refractivity contribution is 9.10. The second kappa shape index (κ2) is 5.65. The zero-order valence-corrected chi connectivity index (χ0v) is 13.3. The third-order valence-corrected chi connectivity index (χ3v) is 4.83. The monoisotopic (exact) mass is 374 g/mol. The van der Waals surface area contributed by atoms with Crippen LogP contribution < -0.4 is 0 Å². The Labute approximate surface area is 122 Å². The number of thiophene rings is 1. The average Bonchev–Trinajstić information content (AvgIpc) is 2.67. The predicted octanol–water partition coefficient (Wildman–Crippen LogP) is 4.86. The summed E-state index contributed by atoms with van der Waals surface area (Å²) in [5.41, 5.74) is 2.11. The lowest BCUT2D eigenvalue weighted by Gasteiger charge is -2.13. The summed E-state index contributed by atoms with van der Waals surface area (Å²) in [6, 6.07) is 8.06. The Morgan fingerprint density at radius 2 is 2.00 bits per heavy atom. The highest BCUT2D eigenvalue weighted by atomic mass is 79.9. The molecule has 0 aliphatic rings. The SMILES string of the molecule is Cc1ccc(Br)cc1C(O)Cc1cc(Br)cs1. The van der Waals surface area contributed by atoms with Gasteiger partial charge in [-0.1, -0.05) is 22.0 Å². The predicted molar refractivity (Wildman–Crippen MR) is 79.6 cm³/mol. The van der Waals surface area contributed by atoms with Crippen molar-refractivity contribution in [2.24, 2.45) is 0 Å². The molecule has 90 valence electrons. The van der Waals surface area contributed by atoms with Gasteiger partial charge in [-0.3, -0.25) is 0 Å². The fraction of sp³-hybridized carbons (Fsp3) is 0.231. The van der Waals surface area contributed by atoms with Crippen molar-refractivity contribution in [2.75, 3.05) is 0 Å². The molecule has 0 saturated heterocycles. The minimum absolute atomic E-state index is 0.446. The normalized spacial score (nSPS) is 12.7. The highest BCUT2D eigenvalue weighted by Crippen LogP contribution is 2.28. The van der Waals surface area contributed by atoms with Gasteiger partial charge in [0.2, 0.25) is 0 Å². The van der Waals surface area contributed by atoms with Gasteiger partial charge < -0.3 is 5.11 Å². The van der Waals surface area contributed by atoms with E-state index in [4.69, 9.17) is 0 Å². The minimum atomic E-state index is -0.446. The molecule has 0 aliphatic heterocycles. The van der Waals surface area contributed by atoms with Gasteiger partial charge in [-0.15, -0.1) is 11.3 Å². The van der Waals surface area contributed by atoms with Gasteiger partial charge in [0.25, 0.3) is 0 Å². The van der Waals surface area contributed by atoms with Crippen molar-refractivity contribution in [3.8, 4) is 0 Å². The molecule has 0 amide bonds. The molecule has 0 radical (unpaired) electrons. The van der Waals surface area contributed by atoms with Crippen LogP contribution >= 0.6 is 43.2 Å². The van der Waals surface area contributed by atoms with Crippen LogP contribution in [-0.4, -0.2) is 5.11 Å². The molecule has 1 unspecified atom stereocenters. The van der Waals surface area contributed by atoms with Crippen LogP contribution in [-0.2, 0) is 6.42 Å². The Balaban J connectivity index is 2.19. The first-order valence-electron chi connectivity index (χ1n) is 5.23. The number of aliphatic hydroxyl groups is 1. The van der Waals surface area contributed by atoms with E-state index in [1.807, 2.05) is 30.5 Å². The molecule has 1 nitrogen and oxygen atoms in total. The van der Waals surface area contributed by atoms with Gasteiger partial charge in [-0.25, -0.2) is 0 Å². The highest BCUT2D eigenvalue weighted by Gasteiger charge is 2.12. The molecule has 1 N–H and O–H groups in total. The zero-order chi connectivity index (χ0) is 12.4. The van der Waals surface area contributed by atoms with Crippen LogP contribution in [0.4, 0.5) is 0 Å². The quantitative estimate of drug-likeness (QED) is 0.812. The van der Waals surface area contributed by atoms with Crippen LogP contribution in [0.1, 0.15) is 22.1 Å². The van der Waals surface area contributed by atoms with Crippen molar-refractivity contribution in [3.05, 3.63) is 54.6 Å². The molecule has 0 aliphatic carbocycles. The second-order valence-electron chi connectivity index (χ2n) is 3.95. The summed E-state index contributed by atoms with van der Waals surface area (Å²) in [4.78, 5) is 1.18. The van der Waals surface area contributed by atoms with Crippen molar-refractivity contribution in [1.82, 2.24) is 0 Å².